The van der Waals surface area contributed by atoms with Gasteiger partial charge in [0.15, 0.2) is 0 Å². The van der Waals surface area contributed by atoms with E-state index < -0.39 is 0 Å². The fourth-order valence-electron chi connectivity index (χ4n) is 3.54. The Bertz CT molecular complexity index is 861. The van der Waals surface area contributed by atoms with E-state index in [2.05, 4.69) is 5.32 Å². The normalized spacial score (nSPS) is 16.0. The van der Waals surface area contributed by atoms with Gasteiger partial charge in [0.1, 0.15) is 0 Å². The molecule has 2 aromatic rings. The first-order valence-electron chi connectivity index (χ1n) is 10.0. The smallest absolute Gasteiger partial charge is 0.253 e. The largest absolute Gasteiger partial charge is 0.339 e. The molecule has 0 unspecified atom stereocenters. The van der Waals surface area contributed by atoms with Crippen LogP contribution in [-0.4, -0.2) is 47.2 Å². The highest BCUT2D eigenvalue weighted by molar-refractivity contribution is 5.98. The molecule has 0 aromatic heterocycles. The minimum absolute atomic E-state index is 0.00540. The Labute approximate surface area is 171 Å². The number of benzene rings is 2. The van der Waals surface area contributed by atoms with Crippen molar-refractivity contribution in [1.82, 2.24) is 9.80 Å². The molecule has 6 heteroatoms. The number of carbonyl (C=O) groups excluding carboxylic acids is 3. The standard InChI is InChI=1S/C23H27N3O3/c1-3-25(4-2)23(29)18-10-12-20(13-11-18)24-22(28)19-14-21(27)26(16-19)15-17-8-6-5-7-9-17/h5-13,19H,3-4,14-16H2,1-2H3,(H,24,28)/t19-/m1/s1. The van der Waals surface area contributed by atoms with E-state index in [9.17, 15) is 14.4 Å². The third-order valence-corrected chi connectivity index (χ3v) is 5.25. The van der Waals surface area contributed by atoms with Crippen molar-refractivity contribution in [3.63, 3.8) is 0 Å². The summed E-state index contributed by atoms with van der Waals surface area (Å²) in [6, 6.07) is 16.7. The van der Waals surface area contributed by atoms with Gasteiger partial charge in [-0.25, -0.2) is 0 Å². The van der Waals surface area contributed by atoms with E-state index in [4.69, 9.17) is 0 Å². The Morgan fingerprint density at radius 3 is 2.31 bits per heavy atom. The molecule has 1 N–H and O–H groups in total. The number of nitrogens with one attached hydrogen (secondary N) is 1. The Morgan fingerprint density at radius 2 is 1.69 bits per heavy atom. The van der Waals surface area contributed by atoms with Gasteiger partial charge in [-0.1, -0.05) is 30.3 Å². The minimum Gasteiger partial charge on any atom is -0.339 e. The number of rotatable bonds is 7. The fourth-order valence-corrected chi connectivity index (χ4v) is 3.54. The van der Waals surface area contributed by atoms with Crippen LogP contribution in [0.5, 0.6) is 0 Å². The van der Waals surface area contributed by atoms with E-state index in [1.807, 2.05) is 44.2 Å². The summed E-state index contributed by atoms with van der Waals surface area (Å²) < 4.78 is 0. The molecule has 2 aromatic carbocycles. The quantitative estimate of drug-likeness (QED) is 0.786. The fraction of sp³-hybridized carbons (Fsp3) is 0.348. The van der Waals surface area contributed by atoms with Gasteiger partial charge in [0.25, 0.3) is 5.91 Å². The monoisotopic (exact) mass is 393 g/mol. The predicted octanol–water partition coefficient (Wildman–Crippen LogP) is 3.16. The van der Waals surface area contributed by atoms with Crippen molar-refractivity contribution >= 4 is 23.4 Å². The van der Waals surface area contributed by atoms with Gasteiger partial charge in [-0.3, -0.25) is 14.4 Å². The lowest BCUT2D eigenvalue weighted by Crippen LogP contribution is -2.30. The highest BCUT2D eigenvalue weighted by atomic mass is 16.2. The van der Waals surface area contributed by atoms with Crippen LogP contribution >= 0.6 is 0 Å². The van der Waals surface area contributed by atoms with E-state index >= 15 is 0 Å². The molecule has 3 rings (SSSR count). The lowest BCUT2D eigenvalue weighted by atomic mass is 10.1. The van der Waals surface area contributed by atoms with E-state index in [0.717, 1.165) is 5.56 Å². The van der Waals surface area contributed by atoms with Crippen LogP contribution in [0.2, 0.25) is 0 Å². The molecular formula is C23H27N3O3. The molecule has 0 spiro atoms. The maximum absolute atomic E-state index is 12.6. The molecule has 29 heavy (non-hydrogen) atoms. The first kappa shape index (κ1) is 20.6. The Kier molecular flexibility index (Phi) is 6.65. The number of nitrogens with zero attached hydrogens (tertiary/aromatic N) is 2. The van der Waals surface area contributed by atoms with Gasteiger partial charge >= 0.3 is 0 Å². The van der Waals surface area contributed by atoms with Crippen molar-refractivity contribution in [2.24, 2.45) is 5.92 Å². The summed E-state index contributed by atoms with van der Waals surface area (Å²) in [6.07, 6.45) is 0.219. The average Bonchev–Trinajstić information content (AvgIpc) is 3.10. The van der Waals surface area contributed by atoms with Crippen molar-refractivity contribution in [3.05, 3.63) is 65.7 Å². The van der Waals surface area contributed by atoms with E-state index in [1.54, 1.807) is 34.1 Å². The summed E-state index contributed by atoms with van der Waals surface area (Å²) >= 11 is 0. The highest BCUT2D eigenvalue weighted by Gasteiger charge is 2.34. The SMILES string of the molecule is CCN(CC)C(=O)c1ccc(NC(=O)[C@@H]2CC(=O)N(Cc3ccccc3)C2)cc1. The van der Waals surface area contributed by atoms with Crippen LogP contribution in [-0.2, 0) is 16.1 Å². The minimum atomic E-state index is -0.372. The molecule has 1 heterocycles. The van der Waals surface area contributed by atoms with Crippen molar-refractivity contribution < 1.29 is 14.4 Å². The second kappa shape index (κ2) is 9.37. The molecule has 0 bridgehead atoms. The third-order valence-electron chi connectivity index (χ3n) is 5.25. The first-order valence-corrected chi connectivity index (χ1v) is 10.0. The van der Waals surface area contributed by atoms with Gasteiger partial charge in [-0.05, 0) is 43.7 Å². The number of hydrogen-bond donors (Lipinski definition) is 1. The first-order chi connectivity index (χ1) is 14.0. The number of carbonyl (C=O) groups is 3. The van der Waals surface area contributed by atoms with Crippen LogP contribution in [0.3, 0.4) is 0 Å². The van der Waals surface area contributed by atoms with Gasteiger partial charge < -0.3 is 15.1 Å². The van der Waals surface area contributed by atoms with Gasteiger partial charge in [-0.2, -0.15) is 0 Å². The number of amides is 3. The van der Waals surface area contributed by atoms with E-state index in [-0.39, 0.29) is 30.1 Å². The molecule has 1 fully saturated rings. The van der Waals surface area contributed by atoms with Gasteiger partial charge in [0, 0.05) is 43.9 Å². The lowest BCUT2D eigenvalue weighted by molar-refractivity contribution is -0.128. The Balaban J connectivity index is 1.57. The highest BCUT2D eigenvalue weighted by Crippen LogP contribution is 2.22. The third kappa shape index (κ3) is 5.02. The zero-order chi connectivity index (χ0) is 20.8. The Hall–Kier alpha value is -3.15. The van der Waals surface area contributed by atoms with E-state index in [0.29, 0.717) is 37.4 Å². The van der Waals surface area contributed by atoms with Crippen molar-refractivity contribution in [2.75, 3.05) is 25.0 Å². The van der Waals surface area contributed by atoms with Gasteiger partial charge in [-0.15, -0.1) is 0 Å². The molecule has 3 amide bonds. The van der Waals surface area contributed by atoms with Crippen molar-refractivity contribution in [1.29, 1.82) is 0 Å². The summed E-state index contributed by atoms with van der Waals surface area (Å²) in [7, 11) is 0. The van der Waals surface area contributed by atoms with Gasteiger partial charge in [0.05, 0.1) is 5.92 Å². The topological polar surface area (TPSA) is 69.7 Å². The summed E-state index contributed by atoms with van der Waals surface area (Å²) in [6.45, 7) is 6.13. The maximum atomic E-state index is 12.6. The van der Waals surface area contributed by atoms with Crippen LogP contribution in [0.1, 0.15) is 36.2 Å². The zero-order valence-corrected chi connectivity index (χ0v) is 16.9. The molecule has 1 aliphatic rings. The Morgan fingerprint density at radius 1 is 1.03 bits per heavy atom. The summed E-state index contributed by atoms with van der Waals surface area (Å²) in [5.41, 5.74) is 2.27. The summed E-state index contributed by atoms with van der Waals surface area (Å²) in [4.78, 5) is 40.7. The van der Waals surface area contributed by atoms with Crippen LogP contribution < -0.4 is 5.32 Å². The molecule has 1 aliphatic heterocycles. The van der Waals surface area contributed by atoms with Crippen LogP contribution in [0.25, 0.3) is 0 Å². The molecule has 0 radical (unpaired) electrons. The molecule has 0 aliphatic carbocycles. The average molecular weight is 393 g/mol. The molecule has 1 saturated heterocycles. The van der Waals surface area contributed by atoms with Crippen LogP contribution in [0, 0.1) is 5.92 Å². The molecule has 1 atom stereocenters. The van der Waals surface area contributed by atoms with Crippen LogP contribution in [0.15, 0.2) is 54.6 Å². The maximum Gasteiger partial charge on any atom is 0.253 e. The number of hydrogen-bond acceptors (Lipinski definition) is 3. The molecular weight excluding hydrogens is 366 g/mol. The van der Waals surface area contributed by atoms with Crippen molar-refractivity contribution in [3.8, 4) is 0 Å². The predicted molar refractivity (Wildman–Crippen MR) is 112 cm³/mol. The second-order valence-electron chi connectivity index (χ2n) is 7.20. The van der Waals surface area contributed by atoms with Gasteiger partial charge in [0.2, 0.25) is 11.8 Å². The number of anilines is 1. The summed E-state index contributed by atoms with van der Waals surface area (Å²) in [5.74, 6) is -0.570. The van der Waals surface area contributed by atoms with Crippen molar-refractivity contribution in [2.45, 2.75) is 26.8 Å². The van der Waals surface area contributed by atoms with E-state index in [1.165, 1.54) is 0 Å². The number of likely N-dealkylation sites (tertiary alicyclic amines) is 1. The van der Waals surface area contributed by atoms with Crippen LogP contribution in [0.4, 0.5) is 5.69 Å². The molecule has 6 nitrogen and oxygen atoms in total. The summed E-state index contributed by atoms with van der Waals surface area (Å²) in [5, 5.41) is 2.87. The second-order valence-corrected chi connectivity index (χ2v) is 7.20. The zero-order valence-electron chi connectivity index (χ0n) is 16.9. The molecule has 152 valence electrons. The molecule has 0 saturated carbocycles. The lowest BCUT2D eigenvalue weighted by Gasteiger charge is -2.19.